The third-order valence-corrected chi connectivity index (χ3v) is 5.81. The molecule has 4 aromatic rings. The number of morpholine rings is 1. The van der Waals surface area contributed by atoms with Crippen LogP contribution in [0.25, 0.3) is 33.4 Å². The highest BCUT2D eigenvalue weighted by Gasteiger charge is 2.24. The van der Waals surface area contributed by atoms with Gasteiger partial charge in [-0.3, -0.25) is 0 Å². The van der Waals surface area contributed by atoms with Crippen molar-refractivity contribution in [1.82, 2.24) is 15.0 Å². The first-order valence-electron chi connectivity index (χ1n) is 11.0. The molecule has 2 unspecified atom stereocenters. The highest BCUT2D eigenvalue weighted by molar-refractivity contribution is 5.90. The van der Waals surface area contributed by atoms with Crippen LogP contribution in [0.2, 0.25) is 0 Å². The van der Waals surface area contributed by atoms with Crippen LogP contribution in [0.5, 0.6) is 0 Å². The van der Waals surface area contributed by atoms with E-state index in [1.807, 2.05) is 24.4 Å². The fourth-order valence-corrected chi connectivity index (χ4v) is 4.30. The summed E-state index contributed by atoms with van der Waals surface area (Å²) in [5.74, 6) is 0.698. The lowest BCUT2D eigenvalue weighted by Gasteiger charge is -2.35. The number of benzene rings is 2. The van der Waals surface area contributed by atoms with E-state index < -0.39 is 0 Å². The number of ether oxygens (including phenoxy) is 1. The summed E-state index contributed by atoms with van der Waals surface area (Å²) in [6.07, 6.45) is 2.16. The van der Waals surface area contributed by atoms with Gasteiger partial charge in [0.05, 0.1) is 17.9 Å². The molecule has 0 bridgehead atoms. The molecular formula is C26H27N5O. The lowest BCUT2D eigenvalue weighted by molar-refractivity contribution is -0.00570. The Labute approximate surface area is 188 Å². The molecule has 1 aliphatic heterocycles. The largest absolute Gasteiger partial charge is 0.372 e. The lowest BCUT2D eigenvalue weighted by atomic mass is 9.98. The number of rotatable bonds is 4. The van der Waals surface area contributed by atoms with Gasteiger partial charge in [-0.05, 0) is 31.0 Å². The van der Waals surface area contributed by atoms with Gasteiger partial charge in [-0.1, -0.05) is 54.6 Å². The van der Waals surface area contributed by atoms with E-state index in [0.29, 0.717) is 18.1 Å². The van der Waals surface area contributed by atoms with Crippen LogP contribution in [0.4, 0.5) is 5.95 Å². The predicted molar refractivity (Wildman–Crippen MR) is 128 cm³/mol. The van der Waals surface area contributed by atoms with Gasteiger partial charge in [0.2, 0.25) is 5.95 Å². The number of fused-ring (bicyclic) bond motifs is 1. The molecule has 0 radical (unpaired) electrons. The molecule has 1 fully saturated rings. The van der Waals surface area contributed by atoms with E-state index >= 15 is 0 Å². The minimum Gasteiger partial charge on any atom is -0.372 e. The second-order valence-corrected chi connectivity index (χ2v) is 8.40. The van der Waals surface area contributed by atoms with Crippen molar-refractivity contribution in [2.24, 2.45) is 5.73 Å². The Hall–Kier alpha value is -3.35. The molecule has 0 spiro atoms. The second kappa shape index (κ2) is 8.65. The maximum atomic E-state index is 5.86. The second-order valence-electron chi connectivity index (χ2n) is 8.40. The van der Waals surface area contributed by atoms with Crippen molar-refractivity contribution >= 4 is 17.0 Å². The summed E-state index contributed by atoms with van der Waals surface area (Å²) in [5, 5.41) is 0.921. The minimum absolute atomic E-state index is 0.142. The Morgan fingerprint density at radius 3 is 2.34 bits per heavy atom. The van der Waals surface area contributed by atoms with Gasteiger partial charge in [0, 0.05) is 42.3 Å². The van der Waals surface area contributed by atoms with Gasteiger partial charge >= 0.3 is 0 Å². The highest BCUT2D eigenvalue weighted by Crippen LogP contribution is 2.33. The first kappa shape index (κ1) is 20.5. The van der Waals surface area contributed by atoms with E-state index in [1.54, 1.807) is 0 Å². The summed E-state index contributed by atoms with van der Waals surface area (Å²) in [7, 11) is 0. The SMILES string of the molecule is CC1CN(c2ncc3cc(-c4ccccc4)c(-c4ccc(CN)cc4)nc3n2)CC(C)O1. The Morgan fingerprint density at radius 2 is 1.66 bits per heavy atom. The molecule has 0 saturated carbocycles. The smallest absolute Gasteiger partial charge is 0.227 e. The molecule has 6 nitrogen and oxygen atoms in total. The molecule has 1 saturated heterocycles. The Kier molecular flexibility index (Phi) is 5.55. The fraction of sp³-hybridized carbons (Fsp3) is 0.269. The molecule has 3 heterocycles. The standard InChI is InChI=1S/C26H27N5O/c1-17-15-31(16-18(2)32-17)26-28-14-22-12-23(20-6-4-3-5-7-20)24(29-25(22)30-26)21-10-8-19(13-27)9-11-21/h3-12,14,17-18H,13,15-16,27H2,1-2H3. The Morgan fingerprint density at radius 1 is 0.938 bits per heavy atom. The van der Waals surface area contributed by atoms with Gasteiger partial charge < -0.3 is 15.4 Å². The average molecular weight is 426 g/mol. The van der Waals surface area contributed by atoms with Crippen LogP contribution in [0, 0.1) is 0 Å². The molecule has 2 N–H and O–H groups in total. The summed E-state index contributed by atoms with van der Waals surface area (Å²) in [6.45, 7) is 6.22. The van der Waals surface area contributed by atoms with E-state index in [4.69, 9.17) is 20.4 Å². The van der Waals surface area contributed by atoms with Crippen molar-refractivity contribution in [2.75, 3.05) is 18.0 Å². The topological polar surface area (TPSA) is 77.2 Å². The van der Waals surface area contributed by atoms with E-state index in [2.05, 4.69) is 66.2 Å². The Balaban J connectivity index is 1.64. The van der Waals surface area contributed by atoms with Crippen molar-refractivity contribution < 1.29 is 4.74 Å². The van der Waals surface area contributed by atoms with Crippen LogP contribution in [0.3, 0.4) is 0 Å². The fourth-order valence-electron chi connectivity index (χ4n) is 4.30. The molecule has 0 amide bonds. The molecular weight excluding hydrogens is 398 g/mol. The van der Waals surface area contributed by atoms with Crippen LogP contribution < -0.4 is 10.6 Å². The van der Waals surface area contributed by atoms with Crippen molar-refractivity contribution in [3.63, 3.8) is 0 Å². The lowest BCUT2D eigenvalue weighted by Crippen LogP contribution is -2.46. The van der Waals surface area contributed by atoms with Crippen LogP contribution in [0.15, 0.2) is 66.9 Å². The highest BCUT2D eigenvalue weighted by atomic mass is 16.5. The van der Waals surface area contributed by atoms with E-state index in [1.165, 1.54) is 0 Å². The summed E-state index contributed by atoms with van der Waals surface area (Å²) >= 11 is 0. The van der Waals surface area contributed by atoms with Gasteiger partial charge in [0.1, 0.15) is 0 Å². The van der Waals surface area contributed by atoms with Gasteiger partial charge in [-0.25, -0.2) is 9.97 Å². The van der Waals surface area contributed by atoms with Crippen LogP contribution in [-0.4, -0.2) is 40.2 Å². The number of nitrogens with zero attached hydrogens (tertiary/aromatic N) is 4. The number of aromatic nitrogens is 3. The number of nitrogens with two attached hydrogens (primary N) is 1. The first-order valence-corrected chi connectivity index (χ1v) is 11.0. The monoisotopic (exact) mass is 425 g/mol. The molecule has 2 atom stereocenters. The van der Waals surface area contributed by atoms with E-state index in [-0.39, 0.29) is 12.2 Å². The van der Waals surface area contributed by atoms with Gasteiger partial charge in [0.25, 0.3) is 0 Å². The molecule has 6 heteroatoms. The molecule has 5 rings (SSSR count). The third kappa shape index (κ3) is 4.07. The van der Waals surface area contributed by atoms with Gasteiger partial charge in [0.15, 0.2) is 5.65 Å². The molecule has 2 aromatic heterocycles. The minimum atomic E-state index is 0.142. The van der Waals surface area contributed by atoms with Gasteiger partial charge in [-0.15, -0.1) is 0 Å². The van der Waals surface area contributed by atoms with Gasteiger partial charge in [-0.2, -0.15) is 4.98 Å². The molecule has 0 aliphatic carbocycles. The zero-order valence-electron chi connectivity index (χ0n) is 18.4. The molecule has 32 heavy (non-hydrogen) atoms. The zero-order valence-corrected chi connectivity index (χ0v) is 18.4. The quantitative estimate of drug-likeness (QED) is 0.521. The molecule has 1 aliphatic rings. The van der Waals surface area contributed by atoms with Crippen molar-refractivity contribution in [1.29, 1.82) is 0 Å². The third-order valence-electron chi connectivity index (χ3n) is 5.81. The molecule has 2 aromatic carbocycles. The average Bonchev–Trinajstić information content (AvgIpc) is 2.83. The molecule has 162 valence electrons. The van der Waals surface area contributed by atoms with Crippen molar-refractivity contribution in [2.45, 2.75) is 32.6 Å². The summed E-state index contributed by atoms with van der Waals surface area (Å²) in [4.78, 5) is 16.7. The maximum absolute atomic E-state index is 5.86. The van der Waals surface area contributed by atoms with Crippen LogP contribution >= 0.6 is 0 Å². The van der Waals surface area contributed by atoms with Crippen molar-refractivity contribution in [3.05, 3.63) is 72.4 Å². The zero-order chi connectivity index (χ0) is 22.1. The summed E-state index contributed by atoms with van der Waals surface area (Å²) < 4.78 is 5.86. The number of pyridine rings is 1. The summed E-state index contributed by atoms with van der Waals surface area (Å²) in [5.41, 5.74) is 11.7. The van der Waals surface area contributed by atoms with E-state index in [9.17, 15) is 0 Å². The number of anilines is 1. The number of hydrogen-bond acceptors (Lipinski definition) is 6. The normalized spacial score (nSPS) is 18.8. The van der Waals surface area contributed by atoms with E-state index in [0.717, 1.165) is 46.4 Å². The first-order chi connectivity index (χ1) is 15.6. The van der Waals surface area contributed by atoms with Crippen molar-refractivity contribution in [3.8, 4) is 22.4 Å². The maximum Gasteiger partial charge on any atom is 0.227 e. The van der Waals surface area contributed by atoms with Crippen LogP contribution in [0.1, 0.15) is 19.4 Å². The predicted octanol–water partition coefficient (Wildman–Crippen LogP) is 4.43. The summed E-state index contributed by atoms with van der Waals surface area (Å²) in [6, 6.07) is 20.7. The van der Waals surface area contributed by atoms with Crippen LogP contribution in [-0.2, 0) is 11.3 Å². The number of hydrogen-bond donors (Lipinski definition) is 1. The Bertz CT molecular complexity index is 1220.